The van der Waals surface area contributed by atoms with E-state index in [9.17, 15) is 14.4 Å². The van der Waals surface area contributed by atoms with Gasteiger partial charge in [-0.1, -0.05) is 30.3 Å². The number of hydrogen-bond donors (Lipinski definition) is 0. The second-order valence-corrected chi connectivity index (χ2v) is 9.44. The summed E-state index contributed by atoms with van der Waals surface area (Å²) in [7, 11) is 1.60. The Labute approximate surface area is 204 Å². The predicted molar refractivity (Wildman–Crippen MR) is 134 cm³/mol. The number of fused-ring (bicyclic) bond motifs is 1. The Kier molecular flexibility index (Phi) is 6.40. The average Bonchev–Trinajstić information content (AvgIpc) is 3.72. The van der Waals surface area contributed by atoms with Gasteiger partial charge in [-0.25, -0.2) is 9.37 Å². The van der Waals surface area contributed by atoms with Crippen LogP contribution >= 0.6 is 0 Å². The van der Waals surface area contributed by atoms with E-state index in [2.05, 4.69) is 11.0 Å². The van der Waals surface area contributed by atoms with Crippen LogP contribution in [0, 0.1) is 17.1 Å². The molecular weight excluding hydrogens is 443 g/mol. The van der Waals surface area contributed by atoms with Crippen molar-refractivity contribution in [2.45, 2.75) is 38.1 Å². The number of aromatic nitrogens is 1. The van der Waals surface area contributed by atoms with Crippen molar-refractivity contribution < 1.29 is 13.9 Å². The number of piperazine rings is 1. The molecule has 1 aromatic heterocycles. The standard InChI is InChI=1S/C28H29FN4O2/c1-18-17-32(12-13-33(18)26(34)11-14-35-2)28-20(16-30)15-24(27(31-28)19-7-8-19)22-9-10-25(29)23-6-4-3-5-21(22)23/h3-6,9-10,15,18-19H,7-8,11-14,17H2,1-2H3/t18-/m1/s1. The third-order valence-electron chi connectivity index (χ3n) is 7.04. The number of hydrogen-bond acceptors (Lipinski definition) is 5. The van der Waals surface area contributed by atoms with E-state index in [1.807, 2.05) is 36.1 Å². The van der Waals surface area contributed by atoms with E-state index in [0.29, 0.717) is 55.3 Å². The van der Waals surface area contributed by atoms with E-state index in [0.717, 1.165) is 35.0 Å². The number of nitriles is 1. The highest BCUT2D eigenvalue weighted by molar-refractivity contribution is 5.98. The van der Waals surface area contributed by atoms with Gasteiger partial charge >= 0.3 is 0 Å². The first-order valence-corrected chi connectivity index (χ1v) is 12.2. The minimum absolute atomic E-state index is 0.00606. The number of carbonyl (C=O) groups is 1. The van der Waals surface area contributed by atoms with Crippen molar-refractivity contribution in [3.05, 3.63) is 59.5 Å². The molecule has 6 nitrogen and oxygen atoms in total. The minimum atomic E-state index is -0.255. The summed E-state index contributed by atoms with van der Waals surface area (Å²) in [6.07, 6.45) is 2.49. The fraction of sp³-hybridized carbons (Fsp3) is 0.393. The molecule has 7 heteroatoms. The molecular formula is C28H29FN4O2. The molecule has 2 heterocycles. The fourth-order valence-corrected chi connectivity index (χ4v) is 5.08. The molecule has 5 rings (SSSR count). The van der Waals surface area contributed by atoms with Gasteiger partial charge in [0.05, 0.1) is 24.3 Å². The minimum Gasteiger partial charge on any atom is -0.384 e. The van der Waals surface area contributed by atoms with Crippen LogP contribution in [0.15, 0.2) is 42.5 Å². The van der Waals surface area contributed by atoms with Gasteiger partial charge < -0.3 is 14.5 Å². The summed E-state index contributed by atoms with van der Waals surface area (Å²) in [5.41, 5.74) is 3.29. The molecule has 0 bridgehead atoms. The van der Waals surface area contributed by atoms with Crippen molar-refractivity contribution in [1.82, 2.24) is 9.88 Å². The van der Waals surface area contributed by atoms with Gasteiger partial charge in [0.25, 0.3) is 0 Å². The summed E-state index contributed by atoms with van der Waals surface area (Å²) < 4.78 is 19.5. The van der Waals surface area contributed by atoms with Crippen LogP contribution in [-0.4, -0.2) is 55.2 Å². The second-order valence-electron chi connectivity index (χ2n) is 9.44. The van der Waals surface area contributed by atoms with Crippen molar-refractivity contribution in [3.8, 4) is 17.2 Å². The molecule has 2 aliphatic rings. The second kappa shape index (κ2) is 9.63. The summed E-state index contributed by atoms with van der Waals surface area (Å²) in [6.45, 7) is 4.26. The fourth-order valence-electron chi connectivity index (χ4n) is 5.08. The number of benzene rings is 2. The van der Waals surface area contributed by atoms with Crippen molar-refractivity contribution >= 4 is 22.5 Å². The number of ether oxygens (including phenoxy) is 1. The third-order valence-corrected chi connectivity index (χ3v) is 7.04. The van der Waals surface area contributed by atoms with Crippen LogP contribution in [-0.2, 0) is 9.53 Å². The largest absolute Gasteiger partial charge is 0.384 e. The molecule has 0 N–H and O–H groups in total. The molecule has 0 radical (unpaired) electrons. The predicted octanol–water partition coefficient (Wildman–Crippen LogP) is 4.86. The van der Waals surface area contributed by atoms with Crippen molar-refractivity contribution in [3.63, 3.8) is 0 Å². The van der Waals surface area contributed by atoms with Crippen LogP contribution in [0.3, 0.4) is 0 Å². The summed E-state index contributed by atoms with van der Waals surface area (Å²) in [4.78, 5) is 21.6. The highest BCUT2D eigenvalue weighted by Crippen LogP contribution is 2.46. The quantitative estimate of drug-likeness (QED) is 0.512. The Morgan fingerprint density at radius 1 is 1.17 bits per heavy atom. The first-order valence-electron chi connectivity index (χ1n) is 12.2. The number of amides is 1. The maximum atomic E-state index is 14.5. The molecule has 0 spiro atoms. The van der Waals surface area contributed by atoms with E-state index < -0.39 is 0 Å². The van der Waals surface area contributed by atoms with E-state index in [1.54, 1.807) is 19.2 Å². The van der Waals surface area contributed by atoms with E-state index in [-0.39, 0.29) is 17.8 Å². The van der Waals surface area contributed by atoms with E-state index >= 15 is 0 Å². The topological polar surface area (TPSA) is 69.5 Å². The number of anilines is 1. The lowest BCUT2D eigenvalue weighted by Crippen LogP contribution is -2.54. The van der Waals surface area contributed by atoms with Crippen molar-refractivity contribution in [2.24, 2.45) is 0 Å². The lowest BCUT2D eigenvalue weighted by Gasteiger charge is -2.41. The number of nitrogens with zero attached hydrogens (tertiary/aromatic N) is 4. The number of pyridine rings is 1. The first-order chi connectivity index (χ1) is 17.0. The molecule has 0 unspecified atom stereocenters. The van der Waals surface area contributed by atoms with E-state index in [1.165, 1.54) is 6.07 Å². The van der Waals surface area contributed by atoms with Gasteiger partial charge in [-0.3, -0.25) is 4.79 Å². The van der Waals surface area contributed by atoms with E-state index in [4.69, 9.17) is 9.72 Å². The highest BCUT2D eigenvalue weighted by atomic mass is 19.1. The molecule has 3 aromatic rings. The molecule has 180 valence electrons. The Morgan fingerprint density at radius 2 is 1.94 bits per heavy atom. The normalized spacial score (nSPS) is 18.1. The van der Waals surface area contributed by atoms with Crippen LogP contribution in [0.2, 0.25) is 0 Å². The van der Waals surface area contributed by atoms with Gasteiger partial charge in [-0.15, -0.1) is 0 Å². The van der Waals surface area contributed by atoms with Gasteiger partial charge in [0, 0.05) is 49.7 Å². The van der Waals surface area contributed by atoms with Crippen LogP contribution in [0.4, 0.5) is 10.2 Å². The van der Waals surface area contributed by atoms with Crippen molar-refractivity contribution in [2.75, 3.05) is 38.3 Å². The lowest BCUT2D eigenvalue weighted by atomic mass is 9.94. The molecule has 1 saturated carbocycles. The monoisotopic (exact) mass is 472 g/mol. The molecule has 1 saturated heterocycles. The number of carbonyl (C=O) groups excluding carboxylic acids is 1. The molecule has 1 atom stereocenters. The maximum Gasteiger partial charge on any atom is 0.225 e. The van der Waals surface area contributed by atoms with Crippen LogP contribution in [0.5, 0.6) is 0 Å². The van der Waals surface area contributed by atoms with Gasteiger partial charge in [-0.05, 0) is 42.8 Å². The van der Waals surface area contributed by atoms with Gasteiger partial charge in [0.2, 0.25) is 5.91 Å². The van der Waals surface area contributed by atoms with Gasteiger partial charge in [0.1, 0.15) is 17.7 Å². The molecule has 35 heavy (non-hydrogen) atoms. The number of rotatable bonds is 6. The Bertz CT molecular complexity index is 1310. The van der Waals surface area contributed by atoms with Crippen LogP contribution < -0.4 is 4.90 Å². The van der Waals surface area contributed by atoms with Crippen molar-refractivity contribution in [1.29, 1.82) is 5.26 Å². The zero-order valence-corrected chi connectivity index (χ0v) is 20.1. The molecule has 1 aliphatic carbocycles. The number of methoxy groups -OCH3 is 1. The summed E-state index contributed by atoms with van der Waals surface area (Å²) in [5.74, 6) is 0.856. The zero-order valence-electron chi connectivity index (χ0n) is 20.1. The summed E-state index contributed by atoms with van der Waals surface area (Å²) in [6, 6.07) is 15.0. The Balaban J connectivity index is 1.52. The third kappa shape index (κ3) is 4.46. The first kappa shape index (κ1) is 23.3. The highest BCUT2D eigenvalue weighted by Gasteiger charge is 2.33. The van der Waals surface area contributed by atoms with Gasteiger partial charge in [-0.2, -0.15) is 5.26 Å². The maximum absolute atomic E-state index is 14.5. The van der Waals surface area contributed by atoms with Crippen LogP contribution in [0.25, 0.3) is 21.9 Å². The number of halogens is 1. The Morgan fingerprint density at radius 3 is 2.63 bits per heavy atom. The van der Waals surface area contributed by atoms with Gasteiger partial charge in [0.15, 0.2) is 0 Å². The Hall–Kier alpha value is -3.50. The van der Waals surface area contributed by atoms with Crippen LogP contribution in [0.1, 0.15) is 43.4 Å². The molecule has 2 fully saturated rings. The average molecular weight is 473 g/mol. The molecule has 1 aliphatic heterocycles. The lowest BCUT2D eigenvalue weighted by molar-refractivity contribution is -0.134. The summed E-state index contributed by atoms with van der Waals surface area (Å²) in [5, 5.41) is 11.5. The summed E-state index contributed by atoms with van der Waals surface area (Å²) >= 11 is 0. The smallest absolute Gasteiger partial charge is 0.225 e. The SMILES string of the molecule is COCCC(=O)N1CCN(c2nc(C3CC3)c(-c3ccc(F)c4ccccc34)cc2C#N)C[C@H]1C. The molecule has 1 amide bonds. The zero-order chi connectivity index (χ0) is 24.5. The molecule has 2 aromatic carbocycles.